The van der Waals surface area contributed by atoms with E-state index in [-0.39, 0.29) is 5.41 Å². The molecule has 100 valence electrons. The second-order valence-corrected chi connectivity index (χ2v) is 5.91. The number of rotatable bonds is 3. The van der Waals surface area contributed by atoms with E-state index in [1.165, 1.54) is 19.3 Å². The van der Waals surface area contributed by atoms with Crippen LogP contribution in [-0.4, -0.2) is 12.2 Å². The van der Waals surface area contributed by atoms with E-state index in [9.17, 15) is 5.11 Å². The average molecular weight is 269 g/mol. The summed E-state index contributed by atoms with van der Waals surface area (Å²) in [6, 6.07) is 5.51. The number of benzene rings is 1. The second-order valence-electron chi connectivity index (χ2n) is 5.50. The maximum absolute atomic E-state index is 10.6. The molecule has 1 atom stereocenters. The van der Waals surface area contributed by atoms with Crippen molar-refractivity contribution in [3.63, 3.8) is 0 Å². The van der Waals surface area contributed by atoms with Gasteiger partial charge in [0.1, 0.15) is 5.75 Å². The normalized spacial score (nSPS) is 20.4. The first-order valence-electron chi connectivity index (χ1n) is 6.58. The second kappa shape index (κ2) is 5.50. The zero-order valence-corrected chi connectivity index (χ0v) is 11.8. The Morgan fingerprint density at radius 2 is 1.94 bits per heavy atom. The van der Waals surface area contributed by atoms with Crippen molar-refractivity contribution < 1.29 is 9.84 Å². The van der Waals surface area contributed by atoms with E-state index in [1.54, 1.807) is 13.2 Å². The summed E-state index contributed by atoms with van der Waals surface area (Å²) in [4.78, 5) is 0. The SMILES string of the molecule is COc1ccc(C(O)C2(C)CCCCC2)c(Cl)c1. The highest BCUT2D eigenvalue weighted by Crippen LogP contribution is 2.47. The Labute approximate surface area is 114 Å². The van der Waals surface area contributed by atoms with Gasteiger partial charge >= 0.3 is 0 Å². The molecular weight excluding hydrogens is 248 g/mol. The quantitative estimate of drug-likeness (QED) is 0.883. The number of ether oxygens (including phenoxy) is 1. The zero-order chi connectivity index (χ0) is 13.2. The van der Waals surface area contributed by atoms with Crippen LogP contribution in [-0.2, 0) is 0 Å². The molecule has 1 saturated carbocycles. The van der Waals surface area contributed by atoms with E-state index in [0.29, 0.717) is 5.02 Å². The Hall–Kier alpha value is -0.730. The van der Waals surface area contributed by atoms with Crippen molar-refractivity contribution >= 4 is 11.6 Å². The highest BCUT2D eigenvalue weighted by molar-refractivity contribution is 6.31. The van der Waals surface area contributed by atoms with E-state index in [1.807, 2.05) is 12.1 Å². The summed E-state index contributed by atoms with van der Waals surface area (Å²) in [7, 11) is 1.62. The largest absolute Gasteiger partial charge is 0.497 e. The minimum Gasteiger partial charge on any atom is -0.497 e. The fraction of sp³-hybridized carbons (Fsp3) is 0.600. The van der Waals surface area contributed by atoms with Crippen molar-refractivity contribution in [2.45, 2.75) is 45.1 Å². The molecule has 0 saturated heterocycles. The Morgan fingerprint density at radius 1 is 1.28 bits per heavy atom. The Kier molecular flexibility index (Phi) is 4.18. The molecule has 1 aromatic rings. The summed E-state index contributed by atoms with van der Waals surface area (Å²) < 4.78 is 5.13. The molecule has 1 aliphatic carbocycles. The standard InChI is InChI=1S/C15H21ClO2/c1-15(8-4-3-5-9-15)14(17)12-7-6-11(18-2)10-13(12)16/h6-7,10,14,17H,3-5,8-9H2,1-2H3. The van der Waals surface area contributed by atoms with Crippen LogP contribution in [0.3, 0.4) is 0 Å². The molecular formula is C15H21ClO2. The van der Waals surface area contributed by atoms with Crippen LogP contribution < -0.4 is 4.74 Å². The molecule has 0 radical (unpaired) electrons. The van der Waals surface area contributed by atoms with Crippen molar-refractivity contribution in [3.8, 4) is 5.75 Å². The lowest BCUT2D eigenvalue weighted by molar-refractivity contribution is 0.00823. The van der Waals surface area contributed by atoms with Gasteiger partial charge in [-0.1, -0.05) is 43.9 Å². The van der Waals surface area contributed by atoms with Crippen LogP contribution in [0.2, 0.25) is 5.02 Å². The molecule has 1 N–H and O–H groups in total. The van der Waals surface area contributed by atoms with Gasteiger partial charge in [-0.25, -0.2) is 0 Å². The molecule has 0 bridgehead atoms. The molecule has 1 fully saturated rings. The average Bonchev–Trinajstić information content (AvgIpc) is 2.38. The highest BCUT2D eigenvalue weighted by Gasteiger charge is 2.36. The lowest BCUT2D eigenvalue weighted by atomic mass is 9.70. The van der Waals surface area contributed by atoms with Gasteiger partial charge in [-0.15, -0.1) is 0 Å². The summed E-state index contributed by atoms with van der Waals surface area (Å²) in [5.74, 6) is 0.727. The third-order valence-corrected chi connectivity index (χ3v) is 4.49. The molecule has 18 heavy (non-hydrogen) atoms. The first kappa shape index (κ1) is 13.7. The number of hydrogen-bond donors (Lipinski definition) is 1. The lowest BCUT2D eigenvalue weighted by Gasteiger charge is -2.38. The van der Waals surface area contributed by atoms with Crippen LogP contribution >= 0.6 is 11.6 Å². The predicted octanol–water partition coefficient (Wildman–Crippen LogP) is 4.35. The number of methoxy groups -OCH3 is 1. The Balaban J connectivity index is 2.24. The maximum Gasteiger partial charge on any atom is 0.120 e. The number of hydrogen-bond acceptors (Lipinski definition) is 2. The predicted molar refractivity (Wildman–Crippen MR) is 74.2 cm³/mol. The summed E-state index contributed by atoms with van der Waals surface area (Å²) >= 11 is 6.24. The van der Waals surface area contributed by atoms with E-state index >= 15 is 0 Å². The van der Waals surface area contributed by atoms with Crippen molar-refractivity contribution in [3.05, 3.63) is 28.8 Å². The number of aliphatic hydroxyl groups excluding tert-OH is 1. The molecule has 0 aromatic heterocycles. The summed E-state index contributed by atoms with van der Waals surface area (Å²) in [5, 5.41) is 11.2. The van der Waals surface area contributed by atoms with Crippen LogP contribution in [0.1, 0.15) is 50.7 Å². The summed E-state index contributed by atoms with van der Waals surface area (Å²) in [6.07, 6.45) is 5.31. The summed E-state index contributed by atoms with van der Waals surface area (Å²) in [6.45, 7) is 2.16. The minimum absolute atomic E-state index is 0.0452. The van der Waals surface area contributed by atoms with E-state index in [4.69, 9.17) is 16.3 Å². The summed E-state index contributed by atoms with van der Waals surface area (Å²) in [5.41, 5.74) is 0.776. The van der Waals surface area contributed by atoms with Crippen molar-refractivity contribution in [1.82, 2.24) is 0 Å². The fourth-order valence-electron chi connectivity index (χ4n) is 2.86. The van der Waals surface area contributed by atoms with Gasteiger partial charge in [0.25, 0.3) is 0 Å². The molecule has 2 rings (SSSR count). The zero-order valence-electron chi connectivity index (χ0n) is 11.1. The van der Waals surface area contributed by atoms with Crippen LogP contribution in [0.25, 0.3) is 0 Å². The van der Waals surface area contributed by atoms with E-state index < -0.39 is 6.10 Å². The van der Waals surface area contributed by atoms with Gasteiger partial charge < -0.3 is 9.84 Å². The molecule has 0 spiro atoms. The molecule has 2 nitrogen and oxygen atoms in total. The molecule has 1 aromatic carbocycles. The van der Waals surface area contributed by atoms with Gasteiger partial charge in [-0.3, -0.25) is 0 Å². The highest BCUT2D eigenvalue weighted by atomic mass is 35.5. The topological polar surface area (TPSA) is 29.5 Å². The molecule has 3 heteroatoms. The Morgan fingerprint density at radius 3 is 2.50 bits per heavy atom. The van der Waals surface area contributed by atoms with Crippen LogP contribution in [0.5, 0.6) is 5.75 Å². The van der Waals surface area contributed by atoms with Gasteiger partial charge in [0, 0.05) is 0 Å². The van der Waals surface area contributed by atoms with Gasteiger partial charge in [-0.05, 0) is 36.0 Å². The Bertz CT molecular complexity index is 411. The van der Waals surface area contributed by atoms with Gasteiger partial charge in [-0.2, -0.15) is 0 Å². The van der Waals surface area contributed by atoms with E-state index in [2.05, 4.69) is 6.92 Å². The first-order valence-corrected chi connectivity index (χ1v) is 6.96. The molecule has 1 unspecified atom stereocenters. The first-order chi connectivity index (χ1) is 8.57. The molecule has 1 aliphatic rings. The third-order valence-electron chi connectivity index (χ3n) is 4.16. The monoisotopic (exact) mass is 268 g/mol. The van der Waals surface area contributed by atoms with Crippen molar-refractivity contribution in [1.29, 1.82) is 0 Å². The molecule has 0 amide bonds. The molecule has 0 heterocycles. The van der Waals surface area contributed by atoms with Gasteiger partial charge in [0.2, 0.25) is 0 Å². The smallest absolute Gasteiger partial charge is 0.120 e. The number of halogens is 1. The van der Waals surface area contributed by atoms with Crippen LogP contribution in [0.4, 0.5) is 0 Å². The third kappa shape index (κ3) is 2.65. The lowest BCUT2D eigenvalue weighted by Crippen LogP contribution is -2.28. The van der Waals surface area contributed by atoms with Crippen molar-refractivity contribution in [2.24, 2.45) is 5.41 Å². The van der Waals surface area contributed by atoms with Crippen molar-refractivity contribution in [2.75, 3.05) is 7.11 Å². The number of aliphatic hydroxyl groups is 1. The maximum atomic E-state index is 10.6. The van der Waals surface area contributed by atoms with E-state index in [0.717, 1.165) is 24.2 Å². The molecule has 0 aliphatic heterocycles. The van der Waals surface area contributed by atoms with Crippen LogP contribution in [0, 0.1) is 5.41 Å². The fourth-order valence-corrected chi connectivity index (χ4v) is 3.14. The van der Waals surface area contributed by atoms with Crippen LogP contribution in [0.15, 0.2) is 18.2 Å². The van der Waals surface area contributed by atoms with Gasteiger partial charge in [0.05, 0.1) is 18.2 Å². The minimum atomic E-state index is -0.490. The van der Waals surface area contributed by atoms with Gasteiger partial charge in [0.15, 0.2) is 0 Å².